The number of carbonyl (C=O) groups is 2. The van der Waals surface area contributed by atoms with Gasteiger partial charge in [-0.05, 0) is 49.4 Å². The van der Waals surface area contributed by atoms with Gasteiger partial charge in [0, 0.05) is 10.7 Å². The zero-order valence-electron chi connectivity index (χ0n) is 13.8. The molecule has 7 heteroatoms. The van der Waals surface area contributed by atoms with Crippen LogP contribution in [0.25, 0.3) is 0 Å². The van der Waals surface area contributed by atoms with E-state index < -0.39 is 5.97 Å². The molecule has 0 atom stereocenters. The van der Waals surface area contributed by atoms with Crippen LogP contribution in [0.3, 0.4) is 0 Å². The Hall–Kier alpha value is -2.73. The Morgan fingerprint density at radius 1 is 1.12 bits per heavy atom. The predicted molar refractivity (Wildman–Crippen MR) is 96.4 cm³/mol. The maximum Gasteiger partial charge on any atom is 0.338 e. The summed E-state index contributed by atoms with van der Waals surface area (Å²) in [7, 11) is 0. The molecule has 2 rings (SSSR count). The first-order valence-corrected chi connectivity index (χ1v) is 8.16. The number of urea groups is 1. The molecule has 0 saturated carbocycles. The Labute approximate surface area is 151 Å². The smallest absolute Gasteiger partial charge is 0.338 e. The summed E-state index contributed by atoms with van der Waals surface area (Å²) in [5, 5.41) is 5.94. The van der Waals surface area contributed by atoms with Crippen molar-refractivity contribution in [2.45, 2.75) is 6.92 Å². The Kier molecular flexibility index (Phi) is 7.10. The lowest BCUT2D eigenvalue weighted by Gasteiger charge is -2.09. The van der Waals surface area contributed by atoms with Gasteiger partial charge in [-0.15, -0.1) is 0 Å². The lowest BCUT2D eigenvalue weighted by molar-refractivity contribution is 0.0526. The second-order valence-electron chi connectivity index (χ2n) is 4.98. The molecule has 25 heavy (non-hydrogen) atoms. The molecule has 0 heterocycles. The van der Waals surface area contributed by atoms with Crippen LogP contribution in [0, 0.1) is 0 Å². The fourth-order valence-corrected chi connectivity index (χ4v) is 2.15. The first-order chi connectivity index (χ1) is 12.1. The summed E-state index contributed by atoms with van der Waals surface area (Å²) < 4.78 is 10.4. The van der Waals surface area contributed by atoms with Crippen LogP contribution in [0.1, 0.15) is 17.3 Å². The lowest BCUT2D eigenvalue weighted by atomic mass is 10.2. The Bertz CT molecular complexity index is 719. The fraction of sp³-hybridized carbons (Fsp3) is 0.222. The van der Waals surface area contributed by atoms with Crippen LogP contribution in [-0.4, -0.2) is 31.8 Å². The second-order valence-corrected chi connectivity index (χ2v) is 5.42. The summed E-state index contributed by atoms with van der Waals surface area (Å²) in [5.41, 5.74) is 1.00. The topological polar surface area (TPSA) is 76.7 Å². The van der Waals surface area contributed by atoms with Gasteiger partial charge in [-0.3, -0.25) is 0 Å². The molecular formula is C18H19ClN2O4. The number of hydrogen-bond donors (Lipinski definition) is 2. The molecular weight excluding hydrogens is 344 g/mol. The standard InChI is InChI=1S/C18H19ClN2O4/c1-2-24-17(22)13-6-8-15(9-7-13)21-18(23)20-10-11-25-16-5-3-4-14(19)12-16/h3-9,12H,2,10-11H2,1H3,(H2,20,21,23). The van der Waals surface area contributed by atoms with E-state index in [9.17, 15) is 9.59 Å². The first kappa shape index (κ1) is 18.6. The molecule has 2 aromatic carbocycles. The minimum Gasteiger partial charge on any atom is -0.492 e. The summed E-state index contributed by atoms with van der Waals surface area (Å²) in [4.78, 5) is 23.4. The normalized spacial score (nSPS) is 10.0. The van der Waals surface area contributed by atoms with Crippen molar-refractivity contribution in [3.05, 3.63) is 59.1 Å². The van der Waals surface area contributed by atoms with Crippen molar-refractivity contribution < 1.29 is 19.1 Å². The third kappa shape index (κ3) is 6.35. The Morgan fingerprint density at radius 2 is 1.88 bits per heavy atom. The van der Waals surface area contributed by atoms with Gasteiger partial charge >= 0.3 is 12.0 Å². The summed E-state index contributed by atoms with van der Waals surface area (Å²) in [6.07, 6.45) is 0. The molecule has 2 N–H and O–H groups in total. The zero-order valence-corrected chi connectivity index (χ0v) is 14.5. The summed E-state index contributed by atoms with van der Waals surface area (Å²) >= 11 is 5.86. The van der Waals surface area contributed by atoms with E-state index in [1.807, 2.05) is 0 Å². The monoisotopic (exact) mass is 362 g/mol. The van der Waals surface area contributed by atoms with Crippen molar-refractivity contribution in [2.24, 2.45) is 0 Å². The quantitative estimate of drug-likeness (QED) is 0.581. The van der Waals surface area contributed by atoms with E-state index in [0.29, 0.717) is 41.8 Å². The number of rotatable bonds is 7. The minimum atomic E-state index is -0.392. The molecule has 0 bridgehead atoms. The maximum atomic E-state index is 11.8. The number of hydrogen-bond acceptors (Lipinski definition) is 4. The Balaban J connectivity index is 1.72. The van der Waals surface area contributed by atoms with Crippen molar-refractivity contribution in [3.63, 3.8) is 0 Å². The van der Waals surface area contributed by atoms with Crippen LogP contribution in [0.5, 0.6) is 5.75 Å². The number of amides is 2. The number of esters is 1. The minimum absolute atomic E-state index is 0.315. The second kappa shape index (κ2) is 9.54. The van der Waals surface area contributed by atoms with E-state index in [2.05, 4.69) is 10.6 Å². The van der Waals surface area contributed by atoms with Crippen LogP contribution < -0.4 is 15.4 Å². The van der Waals surface area contributed by atoms with Crippen molar-refractivity contribution in [3.8, 4) is 5.75 Å². The van der Waals surface area contributed by atoms with Gasteiger partial charge in [0.05, 0.1) is 18.7 Å². The lowest BCUT2D eigenvalue weighted by Crippen LogP contribution is -2.32. The highest BCUT2D eigenvalue weighted by Gasteiger charge is 2.07. The molecule has 2 aromatic rings. The third-order valence-corrected chi connectivity index (χ3v) is 3.34. The number of nitrogens with one attached hydrogen (secondary N) is 2. The van der Waals surface area contributed by atoms with E-state index in [0.717, 1.165) is 0 Å². The highest BCUT2D eigenvalue weighted by atomic mass is 35.5. The number of carbonyl (C=O) groups excluding carboxylic acids is 2. The summed E-state index contributed by atoms with van der Waals surface area (Å²) in [5.74, 6) is 0.251. The summed E-state index contributed by atoms with van der Waals surface area (Å²) in [6.45, 7) is 2.71. The summed E-state index contributed by atoms with van der Waals surface area (Å²) in [6, 6.07) is 13.1. The molecule has 0 radical (unpaired) electrons. The average Bonchev–Trinajstić information content (AvgIpc) is 2.60. The van der Waals surface area contributed by atoms with Crippen molar-refractivity contribution in [2.75, 3.05) is 25.1 Å². The van der Waals surface area contributed by atoms with Crippen LogP contribution in [0.2, 0.25) is 5.02 Å². The molecule has 0 spiro atoms. The van der Waals surface area contributed by atoms with Gasteiger partial charge in [0.1, 0.15) is 12.4 Å². The molecule has 0 aliphatic heterocycles. The van der Waals surface area contributed by atoms with Crippen LogP contribution >= 0.6 is 11.6 Å². The largest absolute Gasteiger partial charge is 0.492 e. The van der Waals surface area contributed by atoms with Crippen molar-refractivity contribution in [1.82, 2.24) is 5.32 Å². The molecule has 6 nitrogen and oxygen atoms in total. The van der Waals surface area contributed by atoms with Gasteiger partial charge < -0.3 is 20.1 Å². The van der Waals surface area contributed by atoms with Crippen LogP contribution in [-0.2, 0) is 4.74 Å². The van der Waals surface area contributed by atoms with Gasteiger partial charge in [0.15, 0.2) is 0 Å². The molecule has 0 fully saturated rings. The molecule has 0 aliphatic carbocycles. The van der Waals surface area contributed by atoms with Gasteiger partial charge in [-0.1, -0.05) is 17.7 Å². The van der Waals surface area contributed by atoms with Crippen LogP contribution in [0.15, 0.2) is 48.5 Å². The highest BCUT2D eigenvalue weighted by Crippen LogP contribution is 2.16. The van der Waals surface area contributed by atoms with Crippen molar-refractivity contribution >= 4 is 29.3 Å². The van der Waals surface area contributed by atoms with Gasteiger partial charge in [-0.2, -0.15) is 0 Å². The number of benzene rings is 2. The number of ether oxygens (including phenoxy) is 2. The number of halogens is 1. The van der Waals surface area contributed by atoms with E-state index in [4.69, 9.17) is 21.1 Å². The predicted octanol–water partition coefficient (Wildman–Crippen LogP) is 3.72. The highest BCUT2D eigenvalue weighted by molar-refractivity contribution is 6.30. The average molecular weight is 363 g/mol. The maximum absolute atomic E-state index is 11.8. The zero-order chi connectivity index (χ0) is 18.1. The molecule has 2 amide bonds. The molecule has 0 aromatic heterocycles. The van der Waals surface area contributed by atoms with Crippen LogP contribution in [0.4, 0.5) is 10.5 Å². The Morgan fingerprint density at radius 3 is 2.56 bits per heavy atom. The van der Waals surface area contributed by atoms with E-state index in [1.165, 1.54) is 0 Å². The van der Waals surface area contributed by atoms with Crippen molar-refractivity contribution in [1.29, 1.82) is 0 Å². The molecule has 132 valence electrons. The van der Waals surface area contributed by atoms with E-state index >= 15 is 0 Å². The van der Waals surface area contributed by atoms with Gasteiger partial charge in [-0.25, -0.2) is 9.59 Å². The van der Waals surface area contributed by atoms with Gasteiger partial charge in [0.2, 0.25) is 0 Å². The molecule has 0 unspecified atom stereocenters. The fourth-order valence-electron chi connectivity index (χ4n) is 1.97. The SMILES string of the molecule is CCOC(=O)c1ccc(NC(=O)NCCOc2cccc(Cl)c2)cc1. The van der Waals surface area contributed by atoms with Gasteiger partial charge in [0.25, 0.3) is 0 Å². The number of anilines is 1. The third-order valence-electron chi connectivity index (χ3n) is 3.11. The molecule has 0 aliphatic rings. The van der Waals surface area contributed by atoms with E-state index in [-0.39, 0.29) is 6.03 Å². The van der Waals surface area contributed by atoms with E-state index in [1.54, 1.807) is 55.5 Å². The molecule has 0 saturated heterocycles. The first-order valence-electron chi connectivity index (χ1n) is 7.79.